The largest absolute Gasteiger partial charge is 0.385 e. The molecule has 0 spiro atoms. The van der Waals surface area contributed by atoms with Gasteiger partial charge in [-0.2, -0.15) is 0 Å². The molecule has 0 aliphatic carbocycles. The molecule has 0 unspecified atom stereocenters. The first-order chi connectivity index (χ1) is 13.0. The van der Waals surface area contributed by atoms with E-state index in [2.05, 4.69) is 66.6 Å². The molecule has 0 bridgehead atoms. The molecule has 1 aliphatic heterocycles. The number of para-hydroxylation sites is 2. The molecule has 1 aromatic heterocycles. The fraction of sp³-hybridized carbons (Fsp3) is 0.435. The molecule has 3 aromatic rings. The van der Waals surface area contributed by atoms with Gasteiger partial charge in [0.1, 0.15) is 5.82 Å². The van der Waals surface area contributed by atoms with E-state index < -0.39 is 5.60 Å². The van der Waals surface area contributed by atoms with Gasteiger partial charge in [-0.15, -0.1) is 0 Å². The fourth-order valence-electron chi connectivity index (χ4n) is 4.29. The number of benzene rings is 2. The van der Waals surface area contributed by atoms with Crippen molar-refractivity contribution in [3.05, 3.63) is 65.5 Å². The highest BCUT2D eigenvalue weighted by Crippen LogP contribution is 2.34. The zero-order chi connectivity index (χ0) is 19.0. The van der Waals surface area contributed by atoms with Gasteiger partial charge in [-0.25, -0.2) is 4.98 Å². The van der Waals surface area contributed by atoms with Crippen LogP contribution in [0.5, 0.6) is 0 Å². The lowest BCUT2D eigenvalue weighted by Crippen LogP contribution is -2.42. The Balaban J connectivity index is 1.51. The van der Waals surface area contributed by atoms with Gasteiger partial charge in [0.15, 0.2) is 0 Å². The van der Waals surface area contributed by atoms with Crippen LogP contribution in [0.1, 0.15) is 49.7 Å². The standard InChI is InChI=1S/C23H29N3O/c1-17(2)26-21-10-5-4-9-20(21)24-22(26)16-25-13-11-23(27,12-14-25)19-8-6-7-18(3)15-19/h4-10,15,17,27H,11-14,16H2,1-3H3. The van der Waals surface area contributed by atoms with Gasteiger partial charge in [0.25, 0.3) is 0 Å². The highest BCUT2D eigenvalue weighted by molar-refractivity contribution is 5.76. The molecule has 2 heterocycles. The number of imidazole rings is 1. The van der Waals surface area contributed by atoms with Gasteiger partial charge in [-0.1, -0.05) is 42.0 Å². The third kappa shape index (κ3) is 3.52. The summed E-state index contributed by atoms with van der Waals surface area (Å²) in [6.07, 6.45) is 1.52. The number of aryl methyl sites for hydroxylation is 1. The zero-order valence-corrected chi connectivity index (χ0v) is 16.5. The molecular weight excluding hydrogens is 334 g/mol. The van der Waals surface area contributed by atoms with Crippen molar-refractivity contribution in [3.63, 3.8) is 0 Å². The van der Waals surface area contributed by atoms with Crippen LogP contribution in [-0.2, 0) is 12.1 Å². The van der Waals surface area contributed by atoms with Crippen molar-refractivity contribution in [1.82, 2.24) is 14.5 Å². The minimum atomic E-state index is -0.708. The summed E-state index contributed by atoms with van der Waals surface area (Å²) in [4.78, 5) is 7.31. The van der Waals surface area contributed by atoms with Gasteiger partial charge in [0.05, 0.1) is 23.2 Å². The molecule has 1 fully saturated rings. The van der Waals surface area contributed by atoms with Crippen LogP contribution in [0.3, 0.4) is 0 Å². The summed E-state index contributed by atoms with van der Waals surface area (Å²) in [6.45, 7) is 9.10. The number of rotatable bonds is 4. The average Bonchev–Trinajstić information content (AvgIpc) is 3.02. The Bertz CT molecular complexity index is 936. The minimum absolute atomic E-state index is 0.376. The summed E-state index contributed by atoms with van der Waals surface area (Å²) in [5, 5.41) is 11.2. The molecule has 2 aromatic carbocycles. The molecule has 27 heavy (non-hydrogen) atoms. The second-order valence-electron chi connectivity index (χ2n) is 8.16. The zero-order valence-electron chi connectivity index (χ0n) is 16.5. The van der Waals surface area contributed by atoms with Crippen LogP contribution in [0.2, 0.25) is 0 Å². The summed E-state index contributed by atoms with van der Waals surface area (Å²) in [5.41, 5.74) is 3.82. The van der Waals surface area contributed by atoms with Crippen LogP contribution in [0, 0.1) is 6.92 Å². The van der Waals surface area contributed by atoms with Crippen LogP contribution in [0.15, 0.2) is 48.5 Å². The quantitative estimate of drug-likeness (QED) is 0.746. The second kappa shape index (κ2) is 7.10. The summed E-state index contributed by atoms with van der Waals surface area (Å²) in [7, 11) is 0. The van der Waals surface area contributed by atoms with Crippen molar-refractivity contribution < 1.29 is 5.11 Å². The number of hydrogen-bond donors (Lipinski definition) is 1. The number of likely N-dealkylation sites (tertiary alicyclic amines) is 1. The number of hydrogen-bond acceptors (Lipinski definition) is 3. The molecule has 4 heteroatoms. The molecule has 1 aliphatic rings. The minimum Gasteiger partial charge on any atom is -0.385 e. The van der Waals surface area contributed by atoms with E-state index >= 15 is 0 Å². The molecule has 0 radical (unpaired) electrons. The predicted octanol–water partition coefficient (Wildman–Crippen LogP) is 4.41. The van der Waals surface area contributed by atoms with E-state index in [1.54, 1.807) is 0 Å². The van der Waals surface area contributed by atoms with Crippen LogP contribution in [0.4, 0.5) is 0 Å². The number of piperidine rings is 1. The first-order valence-electron chi connectivity index (χ1n) is 9.94. The number of nitrogens with zero attached hydrogens (tertiary/aromatic N) is 3. The Morgan fingerprint density at radius 2 is 1.81 bits per heavy atom. The molecule has 0 saturated carbocycles. The van der Waals surface area contributed by atoms with Crippen LogP contribution in [0.25, 0.3) is 11.0 Å². The summed E-state index contributed by atoms with van der Waals surface area (Å²) in [5.74, 6) is 1.12. The number of aromatic nitrogens is 2. The third-order valence-electron chi connectivity index (χ3n) is 5.79. The SMILES string of the molecule is Cc1cccc(C2(O)CCN(Cc3nc4ccccc4n3C(C)C)CC2)c1. The van der Waals surface area contributed by atoms with Crippen LogP contribution >= 0.6 is 0 Å². The average molecular weight is 364 g/mol. The van der Waals surface area contributed by atoms with Gasteiger partial charge < -0.3 is 9.67 Å². The van der Waals surface area contributed by atoms with Crippen molar-refractivity contribution in [3.8, 4) is 0 Å². The van der Waals surface area contributed by atoms with Crippen molar-refractivity contribution in [2.24, 2.45) is 0 Å². The molecule has 0 atom stereocenters. The topological polar surface area (TPSA) is 41.3 Å². The Morgan fingerprint density at radius 1 is 1.07 bits per heavy atom. The van der Waals surface area contributed by atoms with Gasteiger partial charge >= 0.3 is 0 Å². The van der Waals surface area contributed by atoms with Crippen molar-refractivity contribution in [1.29, 1.82) is 0 Å². The molecule has 0 amide bonds. The van der Waals surface area contributed by atoms with E-state index in [-0.39, 0.29) is 0 Å². The predicted molar refractivity (Wildman–Crippen MR) is 110 cm³/mol. The first kappa shape index (κ1) is 18.2. The maximum atomic E-state index is 11.2. The number of aliphatic hydroxyl groups is 1. The lowest BCUT2D eigenvalue weighted by molar-refractivity contribution is -0.0284. The summed E-state index contributed by atoms with van der Waals surface area (Å²) >= 11 is 0. The number of fused-ring (bicyclic) bond motifs is 1. The van der Waals surface area contributed by atoms with E-state index in [9.17, 15) is 5.11 Å². The normalized spacial score (nSPS) is 17.7. The maximum absolute atomic E-state index is 11.2. The van der Waals surface area contributed by atoms with Gasteiger partial charge in [-0.3, -0.25) is 4.90 Å². The second-order valence-corrected chi connectivity index (χ2v) is 8.16. The maximum Gasteiger partial charge on any atom is 0.124 e. The van der Waals surface area contributed by atoms with Crippen LogP contribution in [-0.4, -0.2) is 32.6 Å². The molecular formula is C23H29N3O. The summed E-state index contributed by atoms with van der Waals surface area (Å²) in [6, 6.07) is 17.0. The lowest BCUT2D eigenvalue weighted by atomic mass is 9.84. The highest BCUT2D eigenvalue weighted by Gasteiger charge is 2.34. The molecule has 1 N–H and O–H groups in total. The summed E-state index contributed by atoms with van der Waals surface area (Å²) < 4.78 is 2.34. The van der Waals surface area contributed by atoms with Crippen LogP contribution < -0.4 is 0 Å². The Labute approximate surface area is 161 Å². The van der Waals surface area contributed by atoms with E-state index in [0.29, 0.717) is 6.04 Å². The Kier molecular flexibility index (Phi) is 4.79. The Hall–Kier alpha value is -2.17. The van der Waals surface area contributed by atoms with Crippen molar-refractivity contribution in [2.75, 3.05) is 13.1 Å². The van der Waals surface area contributed by atoms with E-state index in [1.807, 2.05) is 12.1 Å². The molecule has 1 saturated heterocycles. The van der Waals surface area contributed by atoms with Gasteiger partial charge in [-0.05, 0) is 51.3 Å². The molecule has 142 valence electrons. The monoisotopic (exact) mass is 363 g/mol. The van der Waals surface area contributed by atoms with E-state index in [0.717, 1.165) is 49.4 Å². The smallest absolute Gasteiger partial charge is 0.124 e. The van der Waals surface area contributed by atoms with Gasteiger partial charge in [0.2, 0.25) is 0 Å². The van der Waals surface area contributed by atoms with Crippen molar-refractivity contribution in [2.45, 2.75) is 51.8 Å². The van der Waals surface area contributed by atoms with Gasteiger partial charge in [0, 0.05) is 19.1 Å². The van der Waals surface area contributed by atoms with Crippen molar-refractivity contribution >= 4 is 11.0 Å². The van der Waals surface area contributed by atoms with E-state index in [4.69, 9.17) is 4.98 Å². The Morgan fingerprint density at radius 3 is 2.52 bits per heavy atom. The fourth-order valence-corrected chi connectivity index (χ4v) is 4.29. The highest BCUT2D eigenvalue weighted by atomic mass is 16.3. The van der Waals surface area contributed by atoms with E-state index in [1.165, 1.54) is 11.1 Å². The lowest BCUT2D eigenvalue weighted by Gasteiger charge is -2.38. The third-order valence-corrected chi connectivity index (χ3v) is 5.79. The molecule has 4 rings (SSSR count). The first-order valence-corrected chi connectivity index (χ1v) is 9.94. The molecule has 4 nitrogen and oxygen atoms in total.